The van der Waals surface area contributed by atoms with Crippen molar-refractivity contribution in [2.45, 2.75) is 33.7 Å². The number of likely N-dealkylation sites (N-methyl/N-ethyl adjacent to an activating group) is 1. The lowest BCUT2D eigenvalue weighted by Gasteiger charge is -2.27. The van der Waals surface area contributed by atoms with E-state index in [4.69, 9.17) is 17.2 Å². The van der Waals surface area contributed by atoms with Gasteiger partial charge in [0.2, 0.25) is 0 Å². The Morgan fingerprint density at radius 2 is 2.03 bits per heavy atom. The molecule has 4 nitrogen and oxygen atoms in total. The first-order valence-electron chi connectivity index (χ1n) is 12.3. The third-order valence-electron chi connectivity index (χ3n) is 5.99. The maximum absolute atomic E-state index is 14.6. The number of aliphatic imine (C=N–C) groups is 1. The molecule has 2 aliphatic rings. The lowest BCUT2D eigenvalue weighted by Crippen LogP contribution is -2.32. The summed E-state index contributed by atoms with van der Waals surface area (Å²) in [4.78, 5) is 7.75. The molecule has 1 aliphatic heterocycles. The van der Waals surface area contributed by atoms with Crippen molar-refractivity contribution in [2.75, 3.05) is 20.1 Å². The number of hydrogen-bond donors (Lipinski definition) is 2. The van der Waals surface area contributed by atoms with Gasteiger partial charge in [0.25, 0.3) is 0 Å². The summed E-state index contributed by atoms with van der Waals surface area (Å²) in [6, 6.07) is 0.0239. The molecule has 0 bridgehead atoms. The largest absolute Gasteiger partial charge is 0.383 e. The maximum Gasteiger partial charge on any atom is 0.135 e. The first-order chi connectivity index (χ1) is 17.4. The van der Waals surface area contributed by atoms with Crippen LogP contribution in [0.15, 0.2) is 119 Å². The minimum absolute atomic E-state index is 0.0239. The predicted molar refractivity (Wildman–Crippen MR) is 161 cm³/mol. The zero-order chi connectivity index (χ0) is 27.7. The fourth-order valence-electron chi connectivity index (χ4n) is 3.67. The van der Waals surface area contributed by atoms with Crippen molar-refractivity contribution in [1.82, 2.24) is 15.5 Å². The van der Waals surface area contributed by atoms with E-state index in [1.165, 1.54) is 12.2 Å². The van der Waals surface area contributed by atoms with Gasteiger partial charge in [0.05, 0.1) is 17.5 Å². The standard InChI is InChI=1S/C31H39FN4S/c1-10-25(19-34-28-17-23(7)31(28)37)26(32)13-11-12-22(6)18-33-24(8)27-14-15-29(21(4)5)36(9)30(35-27)16-20(2)3/h10,12-17,22-23,29,33-34H,1-2,4,8,18-19H2,3,5-7,9H3/b26-25-,30-16-. The van der Waals surface area contributed by atoms with Gasteiger partial charge in [-0.1, -0.05) is 81.8 Å². The molecular weight excluding hydrogens is 479 g/mol. The highest BCUT2D eigenvalue weighted by Gasteiger charge is 2.21. The number of rotatable bonds is 12. The Kier molecular flexibility index (Phi) is 11.0. The van der Waals surface area contributed by atoms with Crippen LogP contribution in [0.5, 0.6) is 0 Å². The SMILES string of the molecule is C=C/C(CNC1=CC(C)C1=S)=C(/F)C=C=CC(C)CNC(=C)C1=N/C(=C/C(=C)C)N(C)C(C(=C)C)C=C1. The molecule has 0 aromatic heterocycles. The molecule has 0 saturated carbocycles. The molecule has 0 saturated heterocycles. The van der Waals surface area contributed by atoms with Gasteiger partial charge in [0.15, 0.2) is 0 Å². The van der Waals surface area contributed by atoms with E-state index in [9.17, 15) is 4.39 Å². The molecule has 3 atom stereocenters. The van der Waals surface area contributed by atoms with Gasteiger partial charge in [-0.15, -0.1) is 5.73 Å². The van der Waals surface area contributed by atoms with E-state index in [0.29, 0.717) is 30.3 Å². The molecule has 0 aromatic rings. The normalized spacial score (nSPS) is 21.3. The molecule has 1 heterocycles. The quantitative estimate of drug-likeness (QED) is 0.131. The van der Waals surface area contributed by atoms with Crippen LogP contribution in [0.2, 0.25) is 0 Å². The fourth-order valence-corrected chi connectivity index (χ4v) is 3.88. The van der Waals surface area contributed by atoms with Crippen LogP contribution in [0, 0.1) is 11.8 Å². The molecule has 0 amide bonds. The van der Waals surface area contributed by atoms with Gasteiger partial charge in [0, 0.05) is 48.3 Å². The van der Waals surface area contributed by atoms with E-state index >= 15 is 0 Å². The van der Waals surface area contributed by atoms with Gasteiger partial charge in [-0.25, -0.2) is 9.38 Å². The Morgan fingerprint density at radius 3 is 2.59 bits per heavy atom. The molecule has 3 unspecified atom stereocenters. The molecule has 1 aliphatic carbocycles. The summed E-state index contributed by atoms with van der Waals surface area (Å²) in [6.45, 7) is 24.9. The number of halogens is 1. The van der Waals surface area contributed by atoms with Crippen LogP contribution in [-0.2, 0) is 0 Å². The van der Waals surface area contributed by atoms with Gasteiger partial charge in [0.1, 0.15) is 11.6 Å². The Balaban J connectivity index is 2.02. The average molecular weight is 519 g/mol. The van der Waals surface area contributed by atoms with Crippen molar-refractivity contribution in [3.63, 3.8) is 0 Å². The monoisotopic (exact) mass is 518 g/mol. The van der Waals surface area contributed by atoms with Crippen LogP contribution in [0.1, 0.15) is 27.7 Å². The summed E-state index contributed by atoms with van der Waals surface area (Å²) < 4.78 is 14.6. The minimum Gasteiger partial charge on any atom is -0.383 e. The molecule has 0 fully saturated rings. The lowest BCUT2D eigenvalue weighted by atomic mass is 9.93. The van der Waals surface area contributed by atoms with E-state index < -0.39 is 0 Å². The van der Waals surface area contributed by atoms with Crippen LogP contribution < -0.4 is 10.6 Å². The molecular formula is C31H39FN4S. The van der Waals surface area contributed by atoms with Gasteiger partial charge in [-0.2, -0.15) is 0 Å². The van der Waals surface area contributed by atoms with Crippen LogP contribution in [-0.4, -0.2) is 41.7 Å². The van der Waals surface area contributed by atoms with E-state index in [1.54, 1.807) is 0 Å². The first kappa shape index (κ1) is 29.8. The zero-order valence-electron chi connectivity index (χ0n) is 22.7. The summed E-state index contributed by atoms with van der Waals surface area (Å²) in [6.07, 6.45) is 12.7. The Bertz CT molecular complexity index is 1190. The van der Waals surface area contributed by atoms with E-state index in [0.717, 1.165) is 33.2 Å². The van der Waals surface area contributed by atoms with E-state index in [1.807, 2.05) is 59.0 Å². The van der Waals surface area contributed by atoms with Crippen molar-refractivity contribution >= 4 is 22.8 Å². The van der Waals surface area contributed by atoms with Gasteiger partial charge in [-0.05, 0) is 38.0 Å². The third-order valence-corrected chi connectivity index (χ3v) is 6.58. The number of nitrogens with zero attached hydrogens (tertiary/aromatic N) is 2. The molecule has 0 aromatic carbocycles. The summed E-state index contributed by atoms with van der Waals surface area (Å²) >= 11 is 5.29. The smallest absolute Gasteiger partial charge is 0.135 e. The summed E-state index contributed by atoms with van der Waals surface area (Å²) in [5.41, 5.74) is 7.66. The van der Waals surface area contributed by atoms with Crippen molar-refractivity contribution in [2.24, 2.45) is 16.8 Å². The first-order valence-corrected chi connectivity index (χ1v) is 12.7. The summed E-state index contributed by atoms with van der Waals surface area (Å²) in [7, 11) is 1.99. The van der Waals surface area contributed by atoms with E-state index in [-0.39, 0.29) is 17.8 Å². The molecule has 2 rings (SSSR count). The summed E-state index contributed by atoms with van der Waals surface area (Å²) in [5.74, 6) is 0.784. The molecule has 0 spiro atoms. The molecule has 0 radical (unpaired) electrons. The maximum atomic E-state index is 14.6. The summed E-state index contributed by atoms with van der Waals surface area (Å²) in [5, 5.41) is 6.50. The Labute approximate surface area is 227 Å². The highest BCUT2D eigenvalue weighted by atomic mass is 32.1. The molecule has 37 heavy (non-hydrogen) atoms. The molecule has 6 heteroatoms. The number of nitrogens with one attached hydrogen (secondary N) is 2. The van der Waals surface area contributed by atoms with Gasteiger partial charge >= 0.3 is 0 Å². The van der Waals surface area contributed by atoms with Gasteiger partial charge < -0.3 is 15.5 Å². The number of thiocarbonyl (C=S) groups is 1. The fraction of sp³-hybridized carbons (Fsp3) is 0.323. The minimum atomic E-state index is -0.381. The van der Waals surface area contributed by atoms with Crippen LogP contribution in [0.3, 0.4) is 0 Å². The predicted octanol–water partition coefficient (Wildman–Crippen LogP) is 6.64. The highest BCUT2D eigenvalue weighted by Crippen LogP contribution is 2.22. The Morgan fingerprint density at radius 1 is 1.32 bits per heavy atom. The second-order valence-corrected chi connectivity index (χ2v) is 10.0. The Hall–Kier alpha value is -3.47. The van der Waals surface area contributed by atoms with Crippen LogP contribution >= 0.6 is 12.2 Å². The van der Waals surface area contributed by atoms with Crippen LogP contribution in [0.4, 0.5) is 4.39 Å². The number of allylic oxidation sites excluding steroid dienone is 6. The average Bonchev–Trinajstić information content (AvgIpc) is 3.00. The molecule has 2 N–H and O–H groups in total. The van der Waals surface area contributed by atoms with Crippen molar-refractivity contribution in [3.05, 3.63) is 114 Å². The lowest BCUT2D eigenvalue weighted by molar-refractivity contribution is 0.386. The van der Waals surface area contributed by atoms with Crippen molar-refractivity contribution in [3.8, 4) is 0 Å². The second kappa shape index (κ2) is 13.7. The second-order valence-electron chi connectivity index (χ2n) is 9.59. The number of hydrogen-bond acceptors (Lipinski definition) is 5. The van der Waals surface area contributed by atoms with Gasteiger partial charge in [-0.3, -0.25) is 0 Å². The third kappa shape index (κ3) is 8.56. The molecule has 196 valence electrons. The van der Waals surface area contributed by atoms with Crippen LogP contribution in [0.25, 0.3) is 0 Å². The zero-order valence-corrected chi connectivity index (χ0v) is 23.5. The van der Waals surface area contributed by atoms with Crippen molar-refractivity contribution in [1.29, 1.82) is 0 Å². The van der Waals surface area contributed by atoms with Crippen molar-refractivity contribution < 1.29 is 4.39 Å². The van der Waals surface area contributed by atoms with E-state index in [2.05, 4.69) is 53.7 Å². The highest BCUT2D eigenvalue weighted by molar-refractivity contribution is 7.81. The topological polar surface area (TPSA) is 39.7 Å².